The summed E-state index contributed by atoms with van der Waals surface area (Å²) in [5.41, 5.74) is 1.11. The third-order valence-electron chi connectivity index (χ3n) is 4.07. The van der Waals surface area contributed by atoms with Crippen LogP contribution in [0.25, 0.3) is 0 Å². The quantitative estimate of drug-likeness (QED) is 0.534. The molecule has 0 saturated heterocycles. The van der Waals surface area contributed by atoms with Crippen molar-refractivity contribution in [3.8, 4) is 5.75 Å². The standard InChI is InChI=1S/C20H26NO6P/c1-4-26-28(24,27-5-2)19(16-11-13-17(25-3)14-12-16)21-18(20(22)23)15-9-7-6-8-10-15/h6-14,18-19,21H,4-5H2,1-3H3,(H,22,23). The van der Waals surface area contributed by atoms with Gasteiger partial charge in [-0.05, 0) is 37.1 Å². The molecule has 2 N–H and O–H groups in total. The second-order valence-corrected chi connectivity index (χ2v) is 8.01. The van der Waals surface area contributed by atoms with E-state index < -0.39 is 25.4 Å². The van der Waals surface area contributed by atoms with Crippen molar-refractivity contribution >= 4 is 13.6 Å². The lowest BCUT2D eigenvalue weighted by Crippen LogP contribution is -2.33. The van der Waals surface area contributed by atoms with Gasteiger partial charge in [0.15, 0.2) is 0 Å². The van der Waals surface area contributed by atoms with Crippen molar-refractivity contribution in [1.29, 1.82) is 0 Å². The van der Waals surface area contributed by atoms with Gasteiger partial charge in [0.05, 0.1) is 20.3 Å². The van der Waals surface area contributed by atoms with E-state index in [1.807, 2.05) is 0 Å². The summed E-state index contributed by atoms with van der Waals surface area (Å²) in [4.78, 5) is 12.0. The SMILES string of the molecule is CCOP(=O)(OCC)C(NC(C(=O)O)c1ccccc1)c1ccc(OC)cc1. The Morgan fingerprint density at radius 2 is 1.57 bits per heavy atom. The van der Waals surface area contributed by atoms with Gasteiger partial charge in [0.1, 0.15) is 17.6 Å². The van der Waals surface area contributed by atoms with Crippen LogP contribution < -0.4 is 10.1 Å². The first kappa shape index (κ1) is 22.1. The van der Waals surface area contributed by atoms with Crippen LogP contribution in [0.2, 0.25) is 0 Å². The lowest BCUT2D eigenvalue weighted by Gasteiger charge is -2.30. The number of benzene rings is 2. The second-order valence-electron chi connectivity index (χ2n) is 5.90. The van der Waals surface area contributed by atoms with Gasteiger partial charge < -0.3 is 18.9 Å². The van der Waals surface area contributed by atoms with Gasteiger partial charge in [0.25, 0.3) is 0 Å². The summed E-state index contributed by atoms with van der Waals surface area (Å²) >= 11 is 0. The van der Waals surface area contributed by atoms with Crippen molar-refractivity contribution in [2.24, 2.45) is 0 Å². The summed E-state index contributed by atoms with van der Waals surface area (Å²) in [6.45, 7) is 3.74. The van der Waals surface area contributed by atoms with Crippen LogP contribution in [0.1, 0.15) is 36.8 Å². The maximum atomic E-state index is 13.5. The molecule has 0 amide bonds. The van der Waals surface area contributed by atoms with E-state index in [0.717, 1.165) is 0 Å². The second kappa shape index (κ2) is 10.4. The molecular weight excluding hydrogens is 381 g/mol. The number of rotatable bonds is 11. The summed E-state index contributed by atoms with van der Waals surface area (Å²) in [5.74, 6) is -1.44. The van der Waals surface area contributed by atoms with E-state index in [0.29, 0.717) is 16.9 Å². The molecule has 8 heteroatoms. The minimum absolute atomic E-state index is 0.161. The van der Waals surface area contributed by atoms with Crippen molar-refractivity contribution in [2.75, 3.05) is 20.3 Å². The Balaban J connectivity index is 2.49. The maximum Gasteiger partial charge on any atom is 0.351 e. The summed E-state index contributed by atoms with van der Waals surface area (Å²) in [6.07, 6.45) is 0. The fraction of sp³-hybridized carbons (Fsp3) is 0.350. The molecule has 0 aromatic heterocycles. The molecule has 2 atom stereocenters. The number of ether oxygens (including phenoxy) is 1. The number of hydrogen-bond acceptors (Lipinski definition) is 6. The molecule has 0 aliphatic heterocycles. The lowest BCUT2D eigenvalue weighted by atomic mass is 10.1. The Morgan fingerprint density at radius 1 is 1.00 bits per heavy atom. The highest BCUT2D eigenvalue weighted by Gasteiger charge is 2.40. The van der Waals surface area contributed by atoms with Crippen molar-refractivity contribution in [2.45, 2.75) is 25.7 Å². The van der Waals surface area contributed by atoms with Crippen LogP contribution in [0.4, 0.5) is 0 Å². The summed E-state index contributed by atoms with van der Waals surface area (Å²) in [6, 6.07) is 14.5. The molecule has 0 bridgehead atoms. The van der Waals surface area contributed by atoms with Gasteiger partial charge in [0.2, 0.25) is 0 Å². The predicted molar refractivity (Wildman–Crippen MR) is 107 cm³/mol. The van der Waals surface area contributed by atoms with E-state index in [1.54, 1.807) is 75.6 Å². The van der Waals surface area contributed by atoms with Gasteiger partial charge in [0, 0.05) is 0 Å². The summed E-state index contributed by atoms with van der Waals surface area (Å²) in [5, 5.41) is 12.8. The number of carboxylic acid groups (broad SMARTS) is 1. The van der Waals surface area contributed by atoms with Gasteiger partial charge in [-0.1, -0.05) is 42.5 Å². The fourth-order valence-electron chi connectivity index (χ4n) is 2.82. The van der Waals surface area contributed by atoms with Crippen LogP contribution in [-0.4, -0.2) is 31.4 Å². The number of carbonyl (C=O) groups is 1. The van der Waals surface area contributed by atoms with E-state index in [9.17, 15) is 14.5 Å². The van der Waals surface area contributed by atoms with Crippen molar-refractivity contribution in [3.05, 3.63) is 65.7 Å². The first-order chi connectivity index (χ1) is 13.4. The van der Waals surface area contributed by atoms with Crippen LogP contribution in [0.15, 0.2) is 54.6 Å². The molecule has 0 saturated carbocycles. The highest BCUT2D eigenvalue weighted by Crippen LogP contribution is 2.60. The Kier molecular flexibility index (Phi) is 8.20. The molecule has 2 unspecified atom stereocenters. The summed E-state index contributed by atoms with van der Waals surface area (Å²) in [7, 11) is -2.16. The topological polar surface area (TPSA) is 94.1 Å². The van der Waals surface area contributed by atoms with Gasteiger partial charge in [-0.3, -0.25) is 14.7 Å². The minimum Gasteiger partial charge on any atom is -0.497 e. The molecule has 0 aliphatic rings. The van der Waals surface area contributed by atoms with Crippen LogP contribution in [0.3, 0.4) is 0 Å². The van der Waals surface area contributed by atoms with E-state index in [4.69, 9.17) is 13.8 Å². The van der Waals surface area contributed by atoms with Gasteiger partial charge in [-0.15, -0.1) is 0 Å². The first-order valence-corrected chi connectivity index (χ1v) is 10.6. The summed E-state index contributed by atoms with van der Waals surface area (Å²) < 4.78 is 29.7. The minimum atomic E-state index is -3.70. The van der Waals surface area contributed by atoms with Crippen molar-refractivity contribution in [3.63, 3.8) is 0 Å². The highest BCUT2D eigenvalue weighted by atomic mass is 31.2. The third-order valence-corrected chi connectivity index (χ3v) is 6.39. The third kappa shape index (κ3) is 5.42. The van der Waals surface area contributed by atoms with E-state index in [1.165, 1.54) is 0 Å². The Bertz CT molecular complexity index is 786. The van der Waals surface area contributed by atoms with Gasteiger partial charge in [-0.25, -0.2) is 0 Å². The van der Waals surface area contributed by atoms with E-state index in [2.05, 4.69) is 5.32 Å². The molecule has 152 valence electrons. The molecular formula is C20H26NO6P. The predicted octanol–water partition coefficient (Wildman–Crippen LogP) is 4.38. The number of hydrogen-bond donors (Lipinski definition) is 2. The molecule has 7 nitrogen and oxygen atoms in total. The lowest BCUT2D eigenvalue weighted by molar-refractivity contribution is -0.139. The van der Waals surface area contributed by atoms with Crippen LogP contribution in [0, 0.1) is 0 Å². The van der Waals surface area contributed by atoms with Crippen molar-refractivity contribution < 1.29 is 28.3 Å². The molecule has 0 radical (unpaired) electrons. The molecule has 2 aromatic carbocycles. The fourth-order valence-corrected chi connectivity index (χ4v) is 4.78. The molecule has 2 rings (SSSR count). The van der Waals surface area contributed by atoms with Crippen molar-refractivity contribution in [1.82, 2.24) is 5.32 Å². The molecule has 0 fully saturated rings. The van der Waals surface area contributed by atoms with E-state index in [-0.39, 0.29) is 13.2 Å². The average Bonchev–Trinajstić information content (AvgIpc) is 2.69. The number of methoxy groups -OCH3 is 1. The molecule has 0 heterocycles. The monoisotopic (exact) mass is 407 g/mol. The largest absolute Gasteiger partial charge is 0.497 e. The van der Waals surface area contributed by atoms with Crippen LogP contribution >= 0.6 is 7.60 Å². The average molecular weight is 407 g/mol. The number of aliphatic carboxylic acids is 1. The number of carboxylic acids is 1. The molecule has 28 heavy (non-hydrogen) atoms. The number of nitrogens with one attached hydrogen (secondary N) is 1. The normalized spacial score (nSPS) is 13.7. The van der Waals surface area contributed by atoms with Crippen LogP contribution in [-0.2, 0) is 18.4 Å². The smallest absolute Gasteiger partial charge is 0.351 e. The maximum absolute atomic E-state index is 13.5. The first-order valence-electron chi connectivity index (χ1n) is 9.01. The Morgan fingerprint density at radius 3 is 2.04 bits per heavy atom. The van der Waals surface area contributed by atoms with Gasteiger partial charge >= 0.3 is 13.6 Å². The van der Waals surface area contributed by atoms with Crippen LogP contribution in [0.5, 0.6) is 5.75 Å². The Hall–Kier alpha value is -2.18. The van der Waals surface area contributed by atoms with E-state index >= 15 is 0 Å². The molecule has 0 aliphatic carbocycles. The molecule has 2 aromatic rings. The zero-order valence-electron chi connectivity index (χ0n) is 16.2. The molecule has 0 spiro atoms. The zero-order chi connectivity index (χ0) is 20.6. The zero-order valence-corrected chi connectivity index (χ0v) is 17.1. The Labute approximate surface area is 165 Å². The van der Waals surface area contributed by atoms with Gasteiger partial charge in [-0.2, -0.15) is 0 Å². The highest BCUT2D eigenvalue weighted by molar-refractivity contribution is 7.54.